The first kappa shape index (κ1) is 14.5. The molecule has 0 atom stereocenters. The van der Waals surface area contributed by atoms with E-state index in [9.17, 15) is 0 Å². The molecule has 0 saturated carbocycles. The van der Waals surface area contributed by atoms with Crippen LogP contribution in [0.5, 0.6) is 0 Å². The van der Waals surface area contributed by atoms with Crippen molar-refractivity contribution in [3.63, 3.8) is 0 Å². The van der Waals surface area contributed by atoms with E-state index in [4.69, 9.17) is 0 Å². The average molecular weight is 336 g/mol. The largest absolute Gasteiger partial charge is 0.311 e. The number of rotatable bonds is 5. The molecule has 1 aromatic heterocycles. The van der Waals surface area contributed by atoms with Crippen LogP contribution in [0.4, 0.5) is 0 Å². The predicted molar refractivity (Wildman–Crippen MR) is 89.6 cm³/mol. The third kappa shape index (κ3) is 4.30. The van der Waals surface area contributed by atoms with Crippen LogP contribution in [-0.4, -0.2) is 12.6 Å². The Morgan fingerprint density at radius 1 is 1.21 bits per heavy atom. The molecule has 100 valence electrons. The SMILES string of the molecule is CC(C)NCC=Cc1ccc(-c2ccccc2Br)s1. The van der Waals surface area contributed by atoms with E-state index in [0.29, 0.717) is 6.04 Å². The van der Waals surface area contributed by atoms with Gasteiger partial charge < -0.3 is 5.32 Å². The van der Waals surface area contributed by atoms with Crippen LogP contribution >= 0.6 is 27.3 Å². The molecule has 2 rings (SSSR count). The van der Waals surface area contributed by atoms with E-state index in [-0.39, 0.29) is 0 Å². The highest BCUT2D eigenvalue weighted by Gasteiger charge is 2.04. The van der Waals surface area contributed by atoms with Crippen LogP contribution in [0.1, 0.15) is 18.7 Å². The minimum Gasteiger partial charge on any atom is -0.311 e. The number of benzene rings is 1. The van der Waals surface area contributed by atoms with Gasteiger partial charge in [0, 0.05) is 32.4 Å². The fourth-order valence-electron chi connectivity index (χ4n) is 1.73. The van der Waals surface area contributed by atoms with E-state index in [1.807, 2.05) is 17.4 Å². The summed E-state index contributed by atoms with van der Waals surface area (Å²) in [6.45, 7) is 5.23. The van der Waals surface area contributed by atoms with Crippen LogP contribution in [0, 0.1) is 0 Å². The van der Waals surface area contributed by atoms with Gasteiger partial charge in [-0.2, -0.15) is 0 Å². The number of halogens is 1. The normalized spacial score (nSPS) is 11.6. The molecule has 0 fully saturated rings. The summed E-state index contributed by atoms with van der Waals surface area (Å²) in [5, 5.41) is 3.37. The Kier molecular flexibility index (Phi) is 5.37. The fraction of sp³-hybridized carbons (Fsp3) is 0.250. The van der Waals surface area contributed by atoms with Gasteiger partial charge in [-0.15, -0.1) is 11.3 Å². The van der Waals surface area contributed by atoms with Crippen LogP contribution in [0.2, 0.25) is 0 Å². The summed E-state index contributed by atoms with van der Waals surface area (Å²) in [4.78, 5) is 2.58. The number of hydrogen-bond acceptors (Lipinski definition) is 2. The second-order valence-corrected chi connectivity index (χ2v) is 6.62. The van der Waals surface area contributed by atoms with Gasteiger partial charge in [-0.25, -0.2) is 0 Å². The number of hydrogen-bond donors (Lipinski definition) is 1. The van der Waals surface area contributed by atoms with Crippen molar-refractivity contribution in [1.29, 1.82) is 0 Å². The zero-order chi connectivity index (χ0) is 13.7. The molecule has 1 aromatic carbocycles. The van der Waals surface area contributed by atoms with Crippen molar-refractivity contribution in [1.82, 2.24) is 5.32 Å². The summed E-state index contributed by atoms with van der Waals surface area (Å²) in [5.41, 5.74) is 1.26. The van der Waals surface area contributed by atoms with Gasteiger partial charge in [0.15, 0.2) is 0 Å². The maximum Gasteiger partial charge on any atom is 0.0360 e. The van der Waals surface area contributed by atoms with Crippen molar-refractivity contribution < 1.29 is 0 Å². The second kappa shape index (κ2) is 7.04. The highest BCUT2D eigenvalue weighted by atomic mass is 79.9. The van der Waals surface area contributed by atoms with Gasteiger partial charge >= 0.3 is 0 Å². The van der Waals surface area contributed by atoms with Crippen LogP contribution in [0.3, 0.4) is 0 Å². The Bertz CT molecular complexity index is 557. The highest BCUT2D eigenvalue weighted by Crippen LogP contribution is 2.33. The minimum atomic E-state index is 0.531. The van der Waals surface area contributed by atoms with Gasteiger partial charge in [0.05, 0.1) is 0 Å². The third-order valence-electron chi connectivity index (χ3n) is 2.69. The van der Waals surface area contributed by atoms with Gasteiger partial charge in [-0.1, -0.05) is 54.1 Å². The number of nitrogens with one attached hydrogen (secondary N) is 1. The van der Waals surface area contributed by atoms with Crippen molar-refractivity contribution >= 4 is 33.3 Å². The zero-order valence-electron chi connectivity index (χ0n) is 11.2. The second-order valence-electron chi connectivity index (χ2n) is 4.65. The van der Waals surface area contributed by atoms with Crippen molar-refractivity contribution in [3.05, 3.63) is 51.8 Å². The predicted octanol–water partition coefficient (Wildman–Crippen LogP) is 5.19. The van der Waals surface area contributed by atoms with Crippen LogP contribution in [-0.2, 0) is 0 Å². The van der Waals surface area contributed by atoms with Crippen LogP contribution in [0.25, 0.3) is 16.5 Å². The molecule has 0 amide bonds. The topological polar surface area (TPSA) is 12.0 Å². The first-order valence-corrected chi connectivity index (χ1v) is 8.02. The standard InChI is InChI=1S/C16H18BrNS/c1-12(2)18-11-5-6-13-9-10-16(19-13)14-7-3-4-8-15(14)17/h3-10,12,18H,11H2,1-2H3. The van der Waals surface area contributed by atoms with Crippen molar-refractivity contribution in [3.8, 4) is 10.4 Å². The minimum absolute atomic E-state index is 0.531. The Hall–Kier alpha value is -0.900. The van der Waals surface area contributed by atoms with E-state index in [1.165, 1.54) is 15.3 Å². The molecule has 2 aromatic rings. The zero-order valence-corrected chi connectivity index (χ0v) is 13.6. The van der Waals surface area contributed by atoms with Crippen molar-refractivity contribution in [2.75, 3.05) is 6.54 Å². The lowest BCUT2D eigenvalue weighted by molar-refractivity contribution is 0.633. The van der Waals surface area contributed by atoms with E-state index >= 15 is 0 Å². The lowest BCUT2D eigenvalue weighted by Crippen LogP contribution is -2.22. The summed E-state index contributed by atoms with van der Waals surface area (Å²) in [5.74, 6) is 0. The molecule has 1 heterocycles. The molecular formula is C16H18BrNS. The van der Waals surface area contributed by atoms with E-state index in [1.54, 1.807) is 0 Å². The molecule has 1 nitrogen and oxygen atoms in total. The maximum absolute atomic E-state index is 3.60. The number of thiophene rings is 1. The molecule has 0 radical (unpaired) electrons. The summed E-state index contributed by atoms with van der Waals surface area (Å²) in [7, 11) is 0. The Morgan fingerprint density at radius 3 is 2.74 bits per heavy atom. The maximum atomic E-state index is 3.60. The first-order valence-electron chi connectivity index (χ1n) is 6.41. The molecular weight excluding hydrogens is 318 g/mol. The van der Waals surface area contributed by atoms with Crippen molar-refractivity contribution in [2.45, 2.75) is 19.9 Å². The Labute approximate surface area is 127 Å². The summed E-state index contributed by atoms with van der Waals surface area (Å²) in [6, 6.07) is 13.2. The quantitative estimate of drug-likeness (QED) is 0.792. The van der Waals surface area contributed by atoms with E-state index in [2.05, 4.69) is 77.6 Å². The fourth-order valence-corrected chi connectivity index (χ4v) is 3.33. The summed E-state index contributed by atoms with van der Waals surface area (Å²) < 4.78 is 1.15. The van der Waals surface area contributed by atoms with Crippen LogP contribution in [0.15, 0.2) is 46.9 Å². The molecule has 19 heavy (non-hydrogen) atoms. The van der Waals surface area contributed by atoms with Gasteiger partial charge in [-0.05, 0) is 24.3 Å². The van der Waals surface area contributed by atoms with E-state index < -0.39 is 0 Å². The summed E-state index contributed by atoms with van der Waals surface area (Å²) in [6.07, 6.45) is 4.36. The Morgan fingerprint density at radius 2 is 2.00 bits per heavy atom. The lowest BCUT2D eigenvalue weighted by Gasteiger charge is -2.02. The van der Waals surface area contributed by atoms with Gasteiger partial charge in [0.1, 0.15) is 0 Å². The molecule has 3 heteroatoms. The monoisotopic (exact) mass is 335 g/mol. The smallest absolute Gasteiger partial charge is 0.0360 e. The van der Waals surface area contributed by atoms with Gasteiger partial charge in [0.2, 0.25) is 0 Å². The molecule has 0 bridgehead atoms. The molecule has 0 aliphatic heterocycles. The molecule has 0 saturated heterocycles. The van der Waals surface area contributed by atoms with Gasteiger partial charge in [0.25, 0.3) is 0 Å². The first-order chi connectivity index (χ1) is 9.16. The van der Waals surface area contributed by atoms with Crippen LogP contribution < -0.4 is 5.32 Å². The Balaban J connectivity index is 2.05. The van der Waals surface area contributed by atoms with Crippen molar-refractivity contribution in [2.24, 2.45) is 0 Å². The lowest BCUT2D eigenvalue weighted by atomic mass is 10.2. The molecule has 1 N–H and O–H groups in total. The highest BCUT2D eigenvalue weighted by molar-refractivity contribution is 9.10. The summed E-state index contributed by atoms with van der Waals surface area (Å²) >= 11 is 5.42. The molecule has 0 aliphatic carbocycles. The molecule has 0 unspecified atom stereocenters. The molecule has 0 spiro atoms. The van der Waals surface area contributed by atoms with E-state index in [0.717, 1.165) is 11.0 Å². The van der Waals surface area contributed by atoms with Gasteiger partial charge in [-0.3, -0.25) is 0 Å². The average Bonchev–Trinajstić information content (AvgIpc) is 2.83. The molecule has 0 aliphatic rings. The third-order valence-corrected chi connectivity index (χ3v) is 4.47.